The van der Waals surface area contributed by atoms with Gasteiger partial charge in [0.05, 0.1) is 0 Å². The maximum Gasteiger partial charge on any atom is 0.222 e. The standard InChI is InChI=1S/C18H28N2O.ClH/c1-3-17(13-15-7-5-4-6-8-15)20(2)18(21)10-9-16-11-12-19-14-16;/h4-8,16-17,19H,3,9-14H2,1-2H3;1H. The van der Waals surface area contributed by atoms with Crippen LogP contribution in [-0.4, -0.2) is 37.0 Å². The van der Waals surface area contributed by atoms with Crippen LogP contribution in [0.25, 0.3) is 0 Å². The Bertz CT molecular complexity index is 432. The summed E-state index contributed by atoms with van der Waals surface area (Å²) < 4.78 is 0. The Labute approximate surface area is 140 Å². The van der Waals surface area contributed by atoms with Crippen LogP contribution >= 0.6 is 12.4 Å². The van der Waals surface area contributed by atoms with Crippen molar-refractivity contribution in [2.45, 2.75) is 45.1 Å². The van der Waals surface area contributed by atoms with Crippen molar-refractivity contribution < 1.29 is 4.79 Å². The number of nitrogens with zero attached hydrogens (tertiary/aromatic N) is 1. The summed E-state index contributed by atoms with van der Waals surface area (Å²) >= 11 is 0. The summed E-state index contributed by atoms with van der Waals surface area (Å²) in [6.07, 6.45) is 4.89. The van der Waals surface area contributed by atoms with Crippen molar-refractivity contribution in [3.63, 3.8) is 0 Å². The molecule has 22 heavy (non-hydrogen) atoms. The summed E-state index contributed by atoms with van der Waals surface area (Å²) in [6.45, 7) is 4.36. The van der Waals surface area contributed by atoms with E-state index in [4.69, 9.17) is 0 Å². The third-order valence-electron chi connectivity index (χ3n) is 4.66. The molecular formula is C18H29ClN2O. The Morgan fingerprint density at radius 1 is 1.36 bits per heavy atom. The Morgan fingerprint density at radius 3 is 2.68 bits per heavy atom. The van der Waals surface area contributed by atoms with E-state index in [1.807, 2.05) is 18.0 Å². The van der Waals surface area contributed by atoms with Crippen LogP contribution in [0.1, 0.15) is 38.2 Å². The highest BCUT2D eigenvalue weighted by molar-refractivity contribution is 5.85. The molecule has 124 valence electrons. The van der Waals surface area contributed by atoms with Crippen LogP contribution in [-0.2, 0) is 11.2 Å². The number of hydrogen-bond donors (Lipinski definition) is 1. The lowest BCUT2D eigenvalue weighted by Crippen LogP contribution is -2.38. The average molecular weight is 325 g/mol. The molecule has 2 rings (SSSR count). The molecule has 0 spiro atoms. The molecule has 0 bridgehead atoms. The summed E-state index contributed by atoms with van der Waals surface area (Å²) in [4.78, 5) is 14.4. The Hall–Kier alpha value is -1.06. The van der Waals surface area contributed by atoms with Crippen molar-refractivity contribution in [2.24, 2.45) is 5.92 Å². The van der Waals surface area contributed by atoms with Gasteiger partial charge in [0.25, 0.3) is 0 Å². The minimum Gasteiger partial charge on any atom is -0.342 e. The van der Waals surface area contributed by atoms with E-state index in [0.717, 1.165) is 32.4 Å². The van der Waals surface area contributed by atoms with E-state index in [2.05, 4.69) is 36.5 Å². The van der Waals surface area contributed by atoms with Gasteiger partial charge in [-0.15, -0.1) is 12.4 Å². The first kappa shape index (κ1) is 19.0. The maximum absolute atomic E-state index is 12.4. The molecule has 2 atom stereocenters. The van der Waals surface area contributed by atoms with E-state index >= 15 is 0 Å². The monoisotopic (exact) mass is 324 g/mol. The molecular weight excluding hydrogens is 296 g/mol. The zero-order valence-electron chi connectivity index (χ0n) is 13.8. The number of carbonyl (C=O) groups is 1. The third kappa shape index (κ3) is 5.62. The number of halogens is 1. The molecule has 3 nitrogen and oxygen atoms in total. The predicted molar refractivity (Wildman–Crippen MR) is 94.5 cm³/mol. The lowest BCUT2D eigenvalue weighted by molar-refractivity contribution is -0.132. The number of hydrogen-bond acceptors (Lipinski definition) is 2. The van der Waals surface area contributed by atoms with E-state index in [1.165, 1.54) is 12.0 Å². The molecule has 0 aliphatic carbocycles. The molecule has 1 saturated heterocycles. The molecule has 1 aliphatic rings. The molecule has 0 aromatic heterocycles. The number of carbonyl (C=O) groups excluding carboxylic acids is 1. The van der Waals surface area contributed by atoms with Crippen LogP contribution in [0.3, 0.4) is 0 Å². The smallest absolute Gasteiger partial charge is 0.222 e. The topological polar surface area (TPSA) is 32.3 Å². The zero-order valence-corrected chi connectivity index (χ0v) is 14.6. The van der Waals surface area contributed by atoms with Crippen molar-refractivity contribution in [3.8, 4) is 0 Å². The van der Waals surface area contributed by atoms with Crippen molar-refractivity contribution in [1.29, 1.82) is 0 Å². The van der Waals surface area contributed by atoms with Crippen molar-refractivity contribution in [2.75, 3.05) is 20.1 Å². The van der Waals surface area contributed by atoms with E-state index in [9.17, 15) is 4.79 Å². The molecule has 1 aromatic rings. The SMILES string of the molecule is CCC(Cc1ccccc1)N(C)C(=O)CCC1CCNC1.Cl. The lowest BCUT2D eigenvalue weighted by Gasteiger charge is -2.28. The second kappa shape index (κ2) is 9.86. The third-order valence-corrected chi connectivity index (χ3v) is 4.66. The van der Waals surface area contributed by atoms with Crippen LogP contribution in [0, 0.1) is 5.92 Å². The van der Waals surface area contributed by atoms with Gasteiger partial charge in [-0.2, -0.15) is 0 Å². The summed E-state index contributed by atoms with van der Waals surface area (Å²) in [6, 6.07) is 10.8. The molecule has 0 saturated carbocycles. The largest absolute Gasteiger partial charge is 0.342 e. The molecule has 1 N–H and O–H groups in total. The van der Waals surface area contributed by atoms with E-state index in [0.29, 0.717) is 24.3 Å². The first-order valence-corrected chi connectivity index (χ1v) is 8.21. The van der Waals surface area contributed by atoms with Crippen molar-refractivity contribution in [3.05, 3.63) is 35.9 Å². The number of likely N-dealkylation sites (N-methyl/N-ethyl adjacent to an activating group) is 1. The summed E-state index contributed by atoms with van der Waals surface area (Å²) in [5.74, 6) is 0.987. The molecule has 1 aromatic carbocycles. The number of amides is 1. The molecule has 1 aliphatic heterocycles. The maximum atomic E-state index is 12.4. The van der Waals surface area contributed by atoms with Crippen LogP contribution < -0.4 is 5.32 Å². The van der Waals surface area contributed by atoms with Gasteiger partial charge in [0, 0.05) is 19.5 Å². The van der Waals surface area contributed by atoms with Gasteiger partial charge < -0.3 is 10.2 Å². The van der Waals surface area contributed by atoms with Crippen LogP contribution in [0.15, 0.2) is 30.3 Å². The minimum absolute atomic E-state index is 0. The summed E-state index contributed by atoms with van der Waals surface area (Å²) in [5.41, 5.74) is 1.31. The minimum atomic E-state index is 0. The Morgan fingerprint density at radius 2 is 2.09 bits per heavy atom. The quantitative estimate of drug-likeness (QED) is 0.834. The predicted octanol–water partition coefficient (Wildman–Crippen LogP) is 3.28. The number of nitrogens with one attached hydrogen (secondary N) is 1. The normalized spacial score (nSPS) is 18.5. The van der Waals surface area contributed by atoms with Gasteiger partial charge in [-0.1, -0.05) is 37.3 Å². The Kier molecular flexibility index (Phi) is 8.51. The average Bonchev–Trinajstić information content (AvgIpc) is 3.04. The highest BCUT2D eigenvalue weighted by atomic mass is 35.5. The number of rotatable bonds is 7. The molecule has 1 heterocycles. The van der Waals surface area contributed by atoms with Gasteiger partial charge in [-0.05, 0) is 50.3 Å². The van der Waals surface area contributed by atoms with Gasteiger partial charge >= 0.3 is 0 Å². The molecule has 0 radical (unpaired) electrons. The van der Waals surface area contributed by atoms with Gasteiger partial charge in [-0.3, -0.25) is 4.79 Å². The van der Waals surface area contributed by atoms with Crippen molar-refractivity contribution in [1.82, 2.24) is 10.2 Å². The van der Waals surface area contributed by atoms with E-state index < -0.39 is 0 Å². The van der Waals surface area contributed by atoms with Gasteiger partial charge in [0.2, 0.25) is 5.91 Å². The fourth-order valence-corrected chi connectivity index (χ4v) is 3.11. The second-order valence-electron chi connectivity index (χ2n) is 6.15. The van der Waals surface area contributed by atoms with Crippen LogP contribution in [0.5, 0.6) is 0 Å². The molecule has 4 heteroatoms. The fraction of sp³-hybridized carbons (Fsp3) is 0.611. The first-order chi connectivity index (χ1) is 10.2. The summed E-state index contributed by atoms with van der Waals surface area (Å²) in [5, 5.41) is 3.37. The summed E-state index contributed by atoms with van der Waals surface area (Å²) in [7, 11) is 1.96. The highest BCUT2D eigenvalue weighted by Gasteiger charge is 2.21. The molecule has 1 fully saturated rings. The fourth-order valence-electron chi connectivity index (χ4n) is 3.11. The highest BCUT2D eigenvalue weighted by Crippen LogP contribution is 2.17. The zero-order chi connectivity index (χ0) is 15.1. The van der Waals surface area contributed by atoms with Gasteiger partial charge in [0.15, 0.2) is 0 Å². The number of benzene rings is 1. The Balaban J connectivity index is 0.00000242. The van der Waals surface area contributed by atoms with Gasteiger partial charge in [0.1, 0.15) is 0 Å². The van der Waals surface area contributed by atoms with E-state index in [-0.39, 0.29) is 12.4 Å². The van der Waals surface area contributed by atoms with Gasteiger partial charge in [-0.25, -0.2) is 0 Å². The van der Waals surface area contributed by atoms with Crippen LogP contribution in [0.2, 0.25) is 0 Å². The van der Waals surface area contributed by atoms with E-state index in [1.54, 1.807) is 0 Å². The van der Waals surface area contributed by atoms with Crippen molar-refractivity contribution >= 4 is 18.3 Å². The first-order valence-electron chi connectivity index (χ1n) is 8.21. The second-order valence-corrected chi connectivity index (χ2v) is 6.15. The molecule has 2 unspecified atom stereocenters. The molecule has 1 amide bonds. The lowest BCUT2D eigenvalue weighted by atomic mass is 10.00. The van der Waals surface area contributed by atoms with Crippen LogP contribution in [0.4, 0.5) is 0 Å².